The Morgan fingerprint density at radius 3 is 2.38 bits per heavy atom. The van der Waals surface area contributed by atoms with Gasteiger partial charge in [0.15, 0.2) is 0 Å². The molecule has 162 valence electrons. The first-order valence-electron chi connectivity index (χ1n) is 10.3. The van der Waals surface area contributed by atoms with Crippen LogP contribution in [0, 0.1) is 13.8 Å². The van der Waals surface area contributed by atoms with E-state index in [1.165, 1.54) is 4.90 Å². The highest BCUT2D eigenvalue weighted by atomic mass is 35.5. The molecule has 0 bridgehead atoms. The van der Waals surface area contributed by atoms with Crippen molar-refractivity contribution in [1.82, 2.24) is 0 Å². The predicted molar refractivity (Wildman–Crippen MR) is 128 cm³/mol. The van der Waals surface area contributed by atoms with Gasteiger partial charge in [-0.1, -0.05) is 47.5 Å². The summed E-state index contributed by atoms with van der Waals surface area (Å²) in [5, 5.41) is 3.72. The van der Waals surface area contributed by atoms with Crippen LogP contribution in [0.3, 0.4) is 0 Å². The lowest BCUT2D eigenvalue weighted by Crippen LogP contribution is -2.33. The van der Waals surface area contributed by atoms with Crippen molar-refractivity contribution in [3.05, 3.63) is 94.1 Å². The Morgan fingerprint density at radius 2 is 1.69 bits per heavy atom. The highest BCUT2D eigenvalue weighted by Gasteiger charge is 2.40. The summed E-state index contributed by atoms with van der Waals surface area (Å²) in [7, 11) is 0. The molecule has 6 heteroatoms. The normalized spacial score (nSPS) is 13.7. The topological polar surface area (TPSA) is 58.6 Å². The zero-order valence-corrected chi connectivity index (χ0v) is 18.9. The van der Waals surface area contributed by atoms with Crippen LogP contribution in [0.5, 0.6) is 5.75 Å². The quantitative estimate of drug-likeness (QED) is 0.489. The molecular formula is C26H23ClN2O3. The number of halogens is 1. The Morgan fingerprint density at radius 1 is 0.938 bits per heavy atom. The molecule has 3 aromatic rings. The molecule has 0 saturated heterocycles. The van der Waals surface area contributed by atoms with Crippen LogP contribution in [0.25, 0.3) is 5.57 Å². The van der Waals surface area contributed by atoms with E-state index in [1.54, 1.807) is 24.3 Å². The molecule has 1 aliphatic rings. The minimum atomic E-state index is -0.419. The highest BCUT2D eigenvalue weighted by Crippen LogP contribution is 2.36. The molecule has 32 heavy (non-hydrogen) atoms. The van der Waals surface area contributed by atoms with Crippen molar-refractivity contribution in [3.63, 3.8) is 0 Å². The summed E-state index contributed by atoms with van der Waals surface area (Å²) >= 11 is 6.09. The number of hydrogen-bond donors (Lipinski definition) is 1. The fourth-order valence-electron chi connectivity index (χ4n) is 3.70. The van der Waals surface area contributed by atoms with Crippen molar-refractivity contribution in [2.45, 2.75) is 20.8 Å². The number of imide groups is 1. The van der Waals surface area contributed by atoms with Crippen molar-refractivity contribution >= 4 is 40.4 Å². The van der Waals surface area contributed by atoms with E-state index < -0.39 is 5.91 Å². The van der Waals surface area contributed by atoms with Gasteiger partial charge in [0.1, 0.15) is 11.4 Å². The molecule has 0 spiro atoms. The summed E-state index contributed by atoms with van der Waals surface area (Å²) in [5.41, 5.74) is 4.19. The van der Waals surface area contributed by atoms with E-state index in [0.29, 0.717) is 39.9 Å². The van der Waals surface area contributed by atoms with Gasteiger partial charge in [0.2, 0.25) is 0 Å². The third-order valence-corrected chi connectivity index (χ3v) is 5.47. The number of hydrogen-bond acceptors (Lipinski definition) is 4. The number of amides is 2. The van der Waals surface area contributed by atoms with Crippen LogP contribution < -0.4 is 15.0 Å². The van der Waals surface area contributed by atoms with E-state index in [9.17, 15) is 9.59 Å². The summed E-state index contributed by atoms with van der Waals surface area (Å²) in [6, 6.07) is 20.0. The molecule has 0 unspecified atom stereocenters. The lowest BCUT2D eigenvalue weighted by Gasteiger charge is -2.18. The minimum absolute atomic E-state index is 0.224. The lowest BCUT2D eigenvalue weighted by molar-refractivity contribution is -0.120. The predicted octanol–water partition coefficient (Wildman–Crippen LogP) is 5.75. The Hall–Kier alpha value is -3.57. The zero-order valence-electron chi connectivity index (χ0n) is 18.1. The van der Waals surface area contributed by atoms with E-state index in [0.717, 1.165) is 11.1 Å². The van der Waals surface area contributed by atoms with Gasteiger partial charge in [0.25, 0.3) is 11.8 Å². The number of aryl methyl sites for hydroxylation is 2. The molecule has 1 aliphatic heterocycles. The maximum atomic E-state index is 13.6. The van der Waals surface area contributed by atoms with Crippen molar-refractivity contribution < 1.29 is 14.3 Å². The Kier molecular flexibility index (Phi) is 6.01. The van der Waals surface area contributed by atoms with Crippen molar-refractivity contribution in [3.8, 4) is 5.75 Å². The van der Waals surface area contributed by atoms with Gasteiger partial charge in [-0.2, -0.15) is 0 Å². The SMILES string of the molecule is CCOc1cccc(NC2=C(c3ccc(C)cc3)C(=O)N(c3ccc(Cl)cc3C)C2=O)c1. The lowest BCUT2D eigenvalue weighted by atomic mass is 10.0. The Balaban J connectivity index is 1.81. The van der Waals surface area contributed by atoms with Gasteiger partial charge in [-0.25, -0.2) is 4.90 Å². The van der Waals surface area contributed by atoms with Crippen molar-refractivity contribution in [2.75, 3.05) is 16.8 Å². The molecule has 3 aromatic carbocycles. The number of carbonyl (C=O) groups excluding carboxylic acids is 2. The maximum absolute atomic E-state index is 13.6. The Labute approximate surface area is 192 Å². The van der Waals surface area contributed by atoms with E-state index in [-0.39, 0.29) is 11.6 Å². The van der Waals surface area contributed by atoms with Gasteiger partial charge in [-0.15, -0.1) is 0 Å². The number of rotatable bonds is 6. The number of anilines is 2. The van der Waals surface area contributed by atoms with Gasteiger partial charge in [-0.05, 0) is 62.2 Å². The summed E-state index contributed by atoms with van der Waals surface area (Å²) < 4.78 is 5.57. The van der Waals surface area contributed by atoms with Gasteiger partial charge in [0.05, 0.1) is 17.9 Å². The third-order valence-electron chi connectivity index (χ3n) is 5.24. The smallest absolute Gasteiger partial charge is 0.282 e. The number of carbonyl (C=O) groups is 2. The molecule has 0 aliphatic carbocycles. The van der Waals surface area contributed by atoms with Gasteiger partial charge in [0, 0.05) is 16.8 Å². The second kappa shape index (κ2) is 8.89. The molecule has 1 N–H and O–H groups in total. The average molecular weight is 447 g/mol. The zero-order chi connectivity index (χ0) is 22.8. The third kappa shape index (κ3) is 4.12. The van der Waals surface area contributed by atoms with E-state index >= 15 is 0 Å². The fraction of sp³-hybridized carbons (Fsp3) is 0.154. The molecule has 5 nitrogen and oxygen atoms in total. The van der Waals surface area contributed by atoms with Gasteiger partial charge >= 0.3 is 0 Å². The summed E-state index contributed by atoms with van der Waals surface area (Å²) in [5.74, 6) is -0.122. The first kappa shape index (κ1) is 21.7. The number of nitrogens with zero attached hydrogens (tertiary/aromatic N) is 1. The molecular weight excluding hydrogens is 424 g/mol. The highest BCUT2D eigenvalue weighted by molar-refractivity contribution is 6.46. The molecule has 4 rings (SSSR count). The number of ether oxygens (including phenoxy) is 1. The minimum Gasteiger partial charge on any atom is -0.494 e. The van der Waals surface area contributed by atoms with E-state index in [4.69, 9.17) is 16.3 Å². The molecule has 0 fully saturated rings. The van der Waals surface area contributed by atoms with Crippen LogP contribution in [0.1, 0.15) is 23.6 Å². The van der Waals surface area contributed by atoms with E-state index in [1.807, 2.05) is 63.2 Å². The van der Waals surface area contributed by atoms with Crippen molar-refractivity contribution in [2.24, 2.45) is 0 Å². The Bertz CT molecular complexity index is 1230. The molecule has 0 aromatic heterocycles. The van der Waals surface area contributed by atoms with Crippen LogP contribution in [-0.4, -0.2) is 18.4 Å². The summed E-state index contributed by atoms with van der Waals surface area (Å²) in [6.45, 7) is 6.23. The second-order valence-corrected chi connectivity index (χ2v) is 8.01. The molecule has 2 amide bonds. The first-order valence-corrected chi connectivity index (χ1v) is 10.7. The van der Waals surface area contributed by atoms with Crippen molar-refractivity contribution in [1.29, 1.82) is 0 Å². The molecule has 0 saturated carbocycles. The van der Waals surface area contributed by atoms with E-state index in [2.05, 4.69) is 5.32 Å². The average Bonchev–Trinajstić information content (AvgIpc) is 2.99. The van der Waals surface area contributed by atoms with Crippen LogP contribution in [0.15, 0.2) is 72.4 Å². The first-order chi connectivity index (χ1) is 15.4. The fourth-order valence-corrected chi connectivity index (χ4v) is 3.92. The number of nitrogens with one attached hydrogen (secondary N) is 1. The van der Waals surface area contributed by atoms with Crippen LogP contribution >= 0.6 is 11.6 Å². The molecule has 0 atom stereocenters. The number of benzene rings is 3. The molecule has 1 heterocycles. The van der Waals surface area contributed by atoms with Crippen LogP contribution in [0.4, 0.5) is 11.4 Å². The van der Waals surface area contributed by atoms with Crippen LogP contribution in [0.2, 0.25) is 5.02 Å². The monoisotopic (exact) mass is 446 g/mol. The summed E-state index contributed by atoms with van der Waals surface area (Å²) in [4.78, 5) is 28.3. The largest absolute Gasteiger partial charge is 0.494 e. The standard InChI is InChI=1S/C26H23ClN2O3/c1-4-32-21-7-5-6-20(15-21)28-24-23(18-10-8-16(2)9-11-18)25(30)29(26(24)31)22-13-12-19(27)14-17(22)3/h5-15,28H,4H2,1-3H3. The van der Waals surface area contributed by atoms with Gasteiger partial charge < -0.3 is 10.1 Å². The molecule has 0 radical (unpaired) electrons. The maximum Gasteiger partial charge on any atom is 0.282 e. The van der Waals surface area contributed by atoms with Crippen LogP contribution in [-0.2, 0) is 9.59 Å². The van der Waals surface area contributed by atoms with Gasteiger partial charge in [-0.3, -0.25) is 9.59 Å². The summed E-state index contributed by atoms with van der Waals surface area (Å²) in [6.07, 6.45) is 0. The second-order valence-electron chi connectivity index (χ2n) is 7.58.